The quantitative estimate of drug-likeness (QED) is 0.333. The summed E-state index contributed by atoms with van der Waals surface area (Å²) < 4.78 is 47.9. The number of aliphatic hydroxyl groups is 1. The molecule has 212 valence electrons. The fraction of sp³-hybridized carbons (Fsp3) is 0.440. The monoisotopic (exact) mass is 588 g/mol. The van der Waals surface area contributed by atoms with Crippen LogP contribution in [-0.4, -0.2) is 57.0 Å². The maximum absolute atomic E-state index is 13.4. The Bertz CT molecular complexity index is 1380. The number of halogens is 4. The van der Waals surface area contributed by atoms with Gasteiger partial charge in [0, 0.05) is 13.5 Å². The van der Waals surface area contributed by atoms with Crippen LogP contribution >= 0.6 is 22.9 Å². The number of rotatable bonds is 12. The van der Waals surface area contributed by atoms with Crippen LogP contribution in [0.3, 0.4) is 0 Å². The highest BCUT2D eigenvalue weighted by molar-refractivity contribution is 7.19. The first-order valence-electron chi connectivity index (χ1n) is 11.8. The summed E-state index contributed by atoms with van der Waals surface area (Å²) >= 11 is 7.22. The van der Waals surface area contributed by atoms with Crippen molar-refractivity contribution in [3.63, 3.8) is 0 Å². The number of alkyl halides is 3. The lowest BCUT2D eigenvalue weighted by Gasteiger charge is -2.27. The van der Waals surface area contributed by atoms with Crippen molar-refractivity contribution in [1.29, 1.82) is 0 Å². The minimum Gasteiger partial charge on any atom is -0.394 e. The van der Waals surface area contributed by atoms with E-state index in [-0.39, 0.29) is 24.5 Å². The highest BCUT2D eigenvalue weighted by Crippen LogP contribution is 2.33. The van der Waals surface area contributed by atoms with Gasteiger partial charge < -0.3 is 15.2 Å². The summed E-state index contributed by atoms with van der Waals surface area (Å²) in [4.78, 5) is 39.9. The van der Waals surface area contributed by atoms with Crippen molar-refractivity contribution in [2.24, 2.45) is 0 Å². The number of methoxy groups -OCH3 is 1. The molecule has 0 fully saturated rings. The first kappa shape index (κ1) is 30.5. The van der Waals surface area contributed by atoms with Gasteiger partial charge in [0.05, 0.1) is 46.0 Å². The third-order valence-corrected chi connectivity index (χ3v) is 7.01. The van der Waals surface area contributed by atoms with Crippen LogP contribution in [0.1, 0.15) is 37.3 Å². The zero-order chi connectivity index (χ0) is 29.0. The van der Waals surface area contributed by atoms with Crippen LogP contribution in [0.5, 0.6) is 0 Å². The van der Waals surface area contributed by atoms with Crippen LogP contribution in [0.15, 0.2) is 41.2 Å². The zero-order valence-electron chi connectivity index (χ0n) is 21.4. The van der Waals surface area contributed by atoms with Gasteiger partial charge in [-0.2, -0.15) is 13.2 Å². The normalized spacial score (nSPS) is 12.9. The molecule has 0 spiro atoms. The molecule has 1 unspecified atom stereocenters. The second kappa shape index (κ2) is 12.5. The Morgan fingerprint density at radius 1 is 1.23 bits per heavy atom. The number of hydrogen-bond acceptors (Lipinski definition) is 7. The first-order valence-corrected chi connectivity index (χ1v) is 13.0. The summed E-state index contributed by atoms with van der Waals surface area (Å²) in [6.07, 6.45) is -5.17. The molecule has 2 heterocycles. The maximum Gasteiger partial charge on any atom is 0.416 e. The van der Waals surface area contributed by atoms with Crippen LogP contribution in [0.2, 0.25) is 4.34 Å². The van der Waals surface area contributed by atoms with E-state index >= 15 is 0 Å². The minimum absolute atomic E-state index is 0.0312. The van der Waals surface area contributed by atoms with Crippen LogP contribution in [0.25, 0.3) is 10.7 Å². The van der Waals surface area contributed by atoms with E-state index in [0.29, 0.717) is 9.21 Å². The second-order valence-corrected chi connectivity index (χ2v) is 11.2. The van der Waals surface area contributed by atoms with Gasteiger partial charge in [0.2, 0.25) is 5.91 Å². The number of benzene rings is 1. The number of Topliss-reactive ketones (excluding diaryl/α,β-unsaturated/α-hetero) is 1. The minimum atomic E-state index is -4.66. The average Bonchev–Trinajstić information content (AvgIpc) is 3.43. The van der Waals surface area contributed by atoms with E-state index in [4.69, 9.17) is 16.3 Å². The number of amides is 1. The van der Waals surface area contributed by atoms with E-state index in [1.165, 1.54) is 42.9 Å². The van der Waals surface area contributed by atoms with Crippen molar-refractivity contribution >= 4 is 34.6 Å². The van der Waals surface area contributed by atoms with Crippen molar-refractivity contribution in [3.8, 4) is 10.7 Å². The molecule has 3 aromatic rings. The highest BCUT2D eigenvalue weighted by atomic mass is 35.5. The molecule has 2 aromatic heterocycles. The molecule has 0 radical (unpaired) electrons. The van der Waals surface area contributed by atoms with Crippen molar-refractivity contribution < 1.29 is 32.6 Å². The molecular weight excluding hydrogens is 561 g/mol. The molecule has 0 aliphatic rings. The van der Waals surface area contributed by atoms with Crippen LogP contribution < -0.4 is 11.0 Å². The second-order valence-electron chi connectivity index (χ2n) is 9.46. The van der Waals surface area contributed by atoms with Gasteiger partial charge in [-0.3, -0.25) is 14.2 Å². The van der Waals surface area contributed by atoms with Gasteiger partial charge in [0.15, 0.2) is 11.6 Å². The smallest absolute Gasteiger partial charge is 0.394 e. The van der Waals surface area contributed by atoms with Gasteiger partial charge in [-0.05, 0) is 37.6 Å². The van der Waals surface area contributed by atoms with E-state index in [9.17, 15) is 32.7 Å². The Balaban J connectivity index is 1.93. The Morgan fingerprint density at radius 3 is 2.54 bits per heavy atom. The van der Waals surface area contributed by atoms with Gasteiger partial charge in [0.1, 0.15) is 6.54 Å². The molecule has 0 aliphatic heterocycles. The highest BCUT2D eigenvalue weighted by Gasteiger charge is 2.34. The van der Waals surface area contributed by atoms with Gasteiger partial charge in [-0.15, -0.1) is 16.4 Å². The molecule has 1 aromatic carbocycles. The van der Waals surface area contributed by atoms with Crippen molar-refractivity contribution in [2.75, 3.05) is 20.3 Å². The van der Waals surface area contributed by atoms with Crippen molar-refractivity contribution in [2.45, 2.75) is 51.0 Å². The Labute approximate surface area is 231 Å². The lowest BCUT2D eigenvalue weighted by molar-refractivity contribution is -0.137. The Morgan fingerprint density at radius 2 is 1.95 bits per heavy atom. The van der Waals surface area contributed by atoms with Crippen molar-refractivity contribution in [1.82, 2.24) is 19.7 Å². The number of nitrogens with zero attached hydrogens (tertiary/aromatic N) is 3. The molecular formula is C25H28ClF3N4O5S. The predicted molar refractivity (Wildman–Crippen MR) is 140 cm³/mol. The zero-order valence-corrected chi connectivity index (χ0v) is 23.0. The topological polar surface area (TPSA) is 115 Å². The number of ether oxygens (including phenoxy) is 1. The molecule has 1 atom stereocenters. The van der Waals surface area contributed by atoms with Crippen LogP contribution in [0.4, 0.5) is 13.2 Å². The molecule has 14 heteroatoms. The number of hydrogen-bond donors (Lipinski definition) is 2. The number of aliphatic hydroxyl groups excluding tert-OH is 1. The summed E-state index contributed by atoms with van der Waals surface area (Å²) in [5.74, 6) is -2.39. The number of carbonyl (C=O) groups is 2. The molecule has 2 N–H and O–H groups in total. The number of aromatic nitrogens is 3. The fourth-order valence-corrected chi connectivity index (χ4v) is 4.79. The van der Waals surface area contributed by atoms with E-state index < -0.39 is 60.1 Å². The maximum atomic E-state index is 13.4. The van der Waals surface area contributed by atoms with Crippen molar-refractivity contribution in [3.05, 3.63) is 62.3 Å². The Kier molecular flexibility index (Phi) is 9.75. The summed E-state index contributed by atoms with van der Waals surface area (Å²) in [6, 6.07) is 7.48. The van der Waals surface area contributed by atoms with E-state index in [1.807, 2.05) is 0 Å². The molecule has 3 rings (SSSR count). The number of carbonyl (C=O) groups excluding carboxylic acids is 2. The molecule has 0 saturated carbocycles. The average molecular weight is 589 g/mol. The predicted octanol–water partition coefficient (Wildman–Crippen LogP) is 3.72. The van der Waals surface area contributed by atoms with Gasteiger partial charge in [-0.1, -0.05) is 29.8 Å². The molecule has 0 aliphatic carbocycles. The largest absolute Gasteiger partial charge is 0.416 e. The Hall–Kier alpha value is -3.00. The van der Waals surface area contributed by atoms with E-state index in [0.717, 1.165) is 22.9 Å². The van der Waals surface area contributed by atoms with E-state index in [1.54, 1.807) is 12.1 Å². The summed E-state index contributed by atoms with van der Waals surface area (Å²) in [5, 5.41) is 16.4. The lowest BCUT2D eigenvalue weighted by atomic mass is 9.90. The fourth-order valence-electron chi connectivity index (χ4n) is 3.76. The number of nitrogens with one attached hydrogen (secondary N) is 1. The molecule has 0 saturated heterocycles. The SMILES string of the molecule is COCCn1c(-c2ccc(Cl)s2)nn(CC(=O)CC(C(=O)NC(C)(C)CO)c2cccc(C(F)(F)F)c2)c1=O. The molecule has 1 amide bonds. The van der Waals surface area contributed by atoms with Gasteiger partial charge in [-0.25, -0.2) is 9.48 Å². The van der Waals surface area contributed by atoms with Crippen LogP contribution in [0, 0.1) is 0 Å². The summed E-state index contributed by atoms with van der Waals surface area (Å²) in [6.45, 7) is 2.45. The van der Waals surface area contributed by atoms with Gasteiger partial charge in [0.25, 0.3) is 0 Å². The molecule has 9 nitrogen and oxygen atoms in total. The summed E-state index contributed by atoms with van der Waals surface area (Å²) in [7, 11) is 1.47. The van der Waals surface area contributed by atoms with Gasteiger partial charge >= 0.3 is 11.9 Å². The third-order valence-electron chi connectivity index (χ3n) is 5.78. The van der Waals surface area contributed by atoms with E-state index in [2.05, 4.69) is 10.4 Å². The lowest BCUT2D eigenvalue weighted by Crippen LogP contribution is -2.48. The molecule has 0 bridgehead atoms. The third kappa shape index (κ3) is 7.78. The standard InChI is InChI=1S/C25H28ClF3N4O5S/c1-24(2,14-34)30-22(36)18(15-5-4-6-16(11-15)25(27,28)29)12-17(35)13-33-23(37)32(9-10-38-3)21(31-33)19-7-8-20(26)39-19/h4-8,11,18,34H,9-10,12-14H2,1-3H3,(H,30,36). The number of ketones is 1. The molecule has 39 heavy (non-hydrogen) atoms. The number of thiophene rings is 1. The summed E-state index contributed by atoms with van der Waals surface area (Å²) in [5.41, 5.74) is -2.69. The first-order chi connectivity index (χ1) is 18.3. The van der Waals surface area contributed by atoms with Crippen LogP contribution in [-0.2, 0) is 33.6 Å².